The van der Waals surface area contributed by atoms with Crippen LogP contribution >= 0.6 is 15.9 Å². The molecule has 0 saturated carbocycles. The molecule has 2 aromatic carbocycles. The van der Waals surface area contributed by atoms with Crippen molar-refractivity contribution in [3.8, 4) is 0 Å². The van der Waals surface area contributed by atoms with Crippen LogP contribution in [0, 0.1) is 11.8 Å². The first-order valence-electron chi connectivity index (χ1n) is 12.0. The summed E-state index contributed by atoms with van der Waals surface area (Å²) in [5.41, 5.74) is 1.15. The number of pyridine rings is 1. The molecule has 0 radical (unpaired) electrons. The molecule has 1 N–H and O–H groups in total. The van der Waals surface area contributed by atoms with E-state index in [9.17, 15) is 13.2 Å². The number of benzene rings is 2. The zero-order valence-electron chi connectivity index (χ0n) is 19.4. The fraction of sp³-hybridized carbons (Fsp3) is 0.385. The first-order chi connectivity index (χ1) is 16.9. The molecule has 2 fully saturated rings. The zero-order valence-corrected chi connectivity index (χ0v) is 21.8. The molecule has 9 heteroatoms. The van der Waals surface area contributed by atoms with Gasteiger partial charge in [-0.15, -0.1) is 0 Å². The average Bonchev–Trinajstić information content (AvgIpc) is 3.36. The van der Waals surface area contributed by atoms with Crippen molar-refractivity contribution in [2.75, 3.05) is 37.6 Å². The van der Waals surface area contributed by atoms with Crippen molar-refractivity contribution in [3.63, 3.8) is 0 Å². The van der Waals surface area contributed by atoms with Crippen molar-refractivity contribution in [1.82, 2.24) is 14.6 Å². The number of carbonyl (C=O) groups is 1. The third-order valence-electron chi connectivity index (χ3n) is 7.12. The van der Waals surface area contributed by atoms with Crippen LogP contribution in [0.3, 0.4) is 0 Å². The number of amides is 1. The van der Waals surface area contributed by atoms with Gasteiger partial charge in [-0.3, -0.25) is 9.78 Å². The van der Waals surface area contributed by atoms with E-state index in [4.69, 9.17) is 0 Å². The molecule has 1 amide bonds. The number of anilines is 1. The molecule has 3 heterocycles. The van der Waals surface area contributed by atoms with Crippen LogP contribution < -0.4 is 9.62 Å². The summed E-state index contributed by atoms with van der Waals surface area (Å²) in [6, 6.07) is 14.9. The molecule has 1 atom stereocenters. The van der Waals surface area contributed by atoms with Gasteiger partial charge in [-0.05, 0) is 72.4 Å². The van der Waals surface area contributed by atoms with Gasteiger partial charge in [0.2, 0.25) is 15.9 Å². The maximum atomic E-state index is 13.1. The number of nitrogens with one attached hydrogen (secondary N) is 1. The van der Waals surface area contributed by atoms with Crippen molar-refractivity contribution < 1.29 is 13.2 Å². The highest BCUT2D eigenvalue weighted by Gasteiger charge is 2.33. The number of fused-ring (bicyclic) bond motifs is 1. The van der Waals surface area contributed by atoms with E-state index < -0.39 is 10.0 Å². The van der Waals surface area contributed by atoms with Gasteiger partial charge in [-0.2, -0.15) is 0 Å². The summed E-state index contributed by atoms with van der Waals surface area (Å²) in [4.78, 5) is 21.7. The molecule has 3 aromatic rings. The highest BCUT2D eigenvalue weighted by Crippen LogP contribution is 2.27. The van der Waals surface area contributed by atoms with Gasteiger partial charge >= 0.3 is 0 Å². The Labute approximate surface area is 214 Å². The van der Waals surface area contributed by atoms with Gasteiger partial charge in [0.05, 0.1) is 4.90 Å². The molecule has 0 spiro atoms. The Bertz CT molecular complexity index is 1310. The number of rotatable bonds is 6. The minimum atomic E-state index is -3.62. The molecule has 0 bridgehead atoms. The largest absolute Gasteiger partial charge is 0.371 e. The van der Waals surface area contributed by atoms with Crippen molar-refractivity contribution in [2.45, 2.75) is 24.2 Å². The summed E-state index contributed by atoms with van der Waals surface area (Å²) in [6.45, 7) is 3.36. The van der Waals surface area contributed by atoms with E-state index in [0.717, 1.165) is 53.3 Å². The standard InChI is InChI=1S/C26H29BrN4O3S/c27-23-3-1-22-16-25(4-2-21(22)15-23)35(33,34)29-17-19-7-12-31(18-19)26(32)20-8-13-30(14-9-20)24-5-10-28-11-6-24/h1-6,10-11,15-16,19-20,29H,7-9,12-14,17-18H2. The number of hydrogen-bond acceptors (Lipinski definition) is 5. The summed E-state index contributed by atoms with van der Waals surface area (Å²) in [5, 5.41) is 1.86. The summed E-state index contributed by atoms with van der Waals surface area (Å²) in [5.74, 6) is 0.383. The molecule has 5 rings (SSSR count). The highest BCUT2D eigenvalue weighted by atomic mass is 79.9. The number of halogens is 1. The second-order valence-electron chi connectivity index (χ2n) is 9.41. The van der Waals surface area contributed by atoms with Gasteiger partial charge in [0.25, 0.3) is 0 Å². The topological polar surface area (TPSA) is 82.6 Å². The van der Waals surface area contributed by atoms with Crippen LogP contribution in [-0.2, 0) is 14.8 Å². The average molecular weight is 558 g/mol. The van der Waals surface area contributed by atoms with Crippen LogP contribution in [0.4, 0.5) is 5.69 Å². The number of carbonyl (C=O) groups excluding carboxylic acids is 1. The van der Waals surface area contributed by atoms with E-state index in [1.54, 1.807) is 24.5 Å². The Balaban J connectivity index is 1.13. The van der Waals surface area contributed by atoms with Crippen molar-refractivity contribution in [3.05, 3.63) is 65.4 Å². The molecule has 2 aliphatic rings. The third kappa shape index (κ3) is 5.52. The maximum Gasteiger partial charge on any atom is 0.240 e. The van der Waals surface area contributed by atoms with E-state index in [0.29, 0.717) is 19.6 Å². The van der Waals surface area contributed by atoms with Crippen molar-refractivity contribution in [2.24, 2.45) is 11.8 Å². The SMILES string of the molecule is O=C(C1CCN(c2ccncc2)CC1)N1CCC(CNS(=O)(=O)c2ccc3cc(Br)ccc3c2)C1. The molecule has 0 aliphatic carbocycles. The van der Waals surface area contributed by atoms with E-state index in [-0.39, 0.29) is 22.6 Å². The quantitative estimate of drug-likeness (QED) is 0.495. The predicted molar refractivity (Wildman–Crippen MR) is 141 cm³/mol. The Morgan fingerprint density at radius 3 is 2.46 bits per heavy atom. The van der Waals surface area contributed by atoms with Crippen LogP contribution in [0.25, 0.3) is 10.8 Å². The fourth-order valence-corrected chi connectivity index (χ4v) is 6.60. The van der Waals surface area contributed by atoms with Crippen molar-refractivity contribution >= 4 is 48.3 Å². The van der Waals surface area contributed by atoms with E-state index >= 15 is 0 Å². The lowest BCUT2D eigenvalue weighted by molar-refractivity contribution is -0.135. The second kappa shape index (κ2) is 10.2. The monoisotopic (exact) mass is 556 g/mol. The smallest absolute Gasteiger partial charge is 0.240 e. The number of likely N-dealkylation sites (tertiary alicyclic amines) is 1. The van der Waals surface area contributed by atoms with Crippen LogP contribution in [0.1, 0.15) is 19.3 Å². The molecule has 2 saturated heterocycles. The van der Waals surface area contributed by atoms with Gasteiger partial charge in [-0.1, -0.05) is 28.1 Å². The Hall–Kier alpha value is -2.49. The lowest BCUT2D eigenvalue weighted by Crippen LogP contribution is -2.42. The molecule has 184 valence electrons. The van der Waals surface area contributed by atoms with Crippen LogP contribution in [0.5, 0.6) is 0 Å². The molecular weight excluding hydrogens is 528 g/mol. The van der Waals surface area contributed by atoms with Crippen LogP contribution in [0.2, 0.25) is 0 Å². The lowest BCUT2D eigenvalue weighted by Gasteiger charge is -2.34. The van der Waals surface area contributed by atoms with E-state index in [2.05, 4.69) is 30.5 Å². The van der Waals surface area contributed by atoms with Gasteiger partial charge < -0.3 is 9.80 Å². The van der Waals surface area contributed by atoms with Gasteiger partial charge in [-0.25, -0.2) is 13.1 Å². The van der Waals surface area contributed by atoms with E-state index in [1.165, 1.54) is 0 Å². The molecular formula is C26H29BrN4O3S. The first kappa shape index (κ1) is 24.2. The molecule has 2 aliphatic heterocycles. The summed E-state index contributed by atoms with van der Waals surface area (Å²) in [6.07, 6.45) is 6.09. The lowest BCUT2D eigenvalue weighted by atomic mass is 9.95. The fourth-order valence-electron chi connectivity index (χ4n) is 5.07. The van der Waals surface area contributed by atoms with Gasteiger partial charge in [0, 0.05) is 61.2 Å². The highest BCUT2D eigenvalue weighted by molar-refractivity contribution is 9.10. The maximum absolute atomic E-state index is 13.1. The number of piperidine rings is 1. The Kier molecular flexibility index (Phi) is 7.09. The van der Waals surface area contributed by atoms with Crippen molar-refractivity contribution in [1.29, 1.82) is 0 Å². The molecule has 35 heavy (non-hydrogen) atoms. The third-order valence-corrected chi connectivity index (χ3v) is 9.03. The van der Waals surface area contributed by atoms with Crippen LogP contribution in [0.15, 0.2) is 70.3 Å². The minimum absolute atomic E-state index is 0.0427. The van der Waals surface area contributed by atoms with Gasteiger partial charge in [0.1, 0.15) is 0 Å². The molecule has 1 unspecified atom stereocenters. The molecule has 7 nitrogen and oxygen atoms in total. The number of sulfonamides is 1. The summed E-state index contributed by atoms with van der Waals surface area (Å²) in [7, 11) is -3.62. The normalized spacial score (nSPS) is 19.4. The summed E-state index contributed by atoms with van der Waals surface area (Å²) >= 11 is 3.44. The minimum Gasteiger partial charge on any atom is -0.371 e. The molecule has 1 aromatic heterocycles. The number of nitrogens with zero attached hydrogens (tertiary/aromatic N) is 3. The van der Waals surface area contributed by atoms with Crippen LogP contribution in [-0.4, -0.2) is 56.9 Å². The number of hydrogen-bond donors (Lipinski definition) is 1. The number of aromatic nitrogens is 1. The zero-order chi connectivity index (χ0) is 24.4. The second-order valence-corrected chi connectivity index (χ2v) is 12.1. The summed E-state index contributed by atoms with van der Waals surface area (Å²) < 4.78 is 29.5. The Morgan fingerprint density at radius 2 is 1.69 bits per heavy atom. The Morgan fingerprint density at radius 1 is 0.971 bits per heavy atom. The predicted octanol–water partition coefficient (Wildman–Crippen LogP) is 4.04. The van der Waals surface area contributed by atoms with Gasteiger partial charge in [0.15, 0.2) is 0 Å². The first-order valence-corrected chi connectivity index (χ1v) is 14.3. The van der Waals surface area contributed by atoms with E-state index in [1.807, 2.05) is 41.3 Å².